The first-order valence-corrected chi connectivity index (χ1v) is 9.49. The predicted octanol–water partition coefficient (Wildman–Crippen LogP) is 5.12. The molecule has 0 atom stereocenters. The summed E-state index contributed by atoms with van der Waals surface area (Å²) in [5, 5.41) is 6.51. The minimum Gasteiger partial charge on any atom is -0.334 e. The molecule has 5 nitrogen and oxygen atoms in total. The molecule has 1 aliphatic heterocycles. The van der Waals surface area contributed by atoms with E-state index in [1.165, 1.54) is 6.42 Å². The lowest BCUT2D eigenvalue weighted by molar-refractivity contribution is 0.251. The summed E-state index contributed by atoms with van der Waals surface area (Å²) in [5.74, 6) is 1.15. The Morgan fingerprint density at radius 3 is 2.74 bits per heavy atom. The van der Waals surface area contributed by atoms with Gasteiger partial charge in [-0.1, -0.05) is 41.4 Å². The number of hydrogen-bond donors (Lipinski definition) is 2. The molecule has 1 aliphatic rings. The van der Waals surface area contributed by atoms with Gasteiger partial charge in [-0.2, -0.15) is 0 Å². The topological polar surface area (TPSA) is 59.0 Å². The van der Waals surface area contributed by atoms with Crippen molar-refractivity contribution in [1.29, 1.82) is 0 Å². The number of fused-ring (bicyclic) bond motifs is 1. The third kappa shape index (κ3) is 4.26. The lowest BCUT2D eigenvalue weighted by atomic mass is 10.1. The van der Waals surface area contributed by atoms with E-state index in [0.29, 0.717) is 22.3 Å². The highest BCUT2D eigenvalue weighted by atomic mass is 35.5. The van der Waals surface area contributed by atoms with Crippen LogP contribution >= 0.6 is 23.2 Å². The van der Waals surface area contributed by atoms with E-state index < -0.39 is 0 Å². The molecule has 2 N–H and O–H groups in total. The fourth-order valence-corrected chi connectivity index (χ4v) is 3.74. The van der Waals surface area contributed by atoms with E-state index in [9.17, 15) is 4.79 Å². The molecule has 2 amide bonds. The van der Waals surface area contributed by atoms with Crippen LogP contribution in [0.3, 0.4) is 0 Å². The quantitative estimate of drug-likeness (QED) is 0.637. The molecule has 3 aromatic rings. The lowest BCUT2D eigenvalue weighted by Gasteiger charge is -2.09. The summed E-state index contributed by atoms with van der Waals surface area (Å²) in [7, 11) is 0. The molecule has 1 aromatic heterocycles. The number of nitrogens with one attached hydrogen (secondary N) is 2. The Hall–Kier alpha value is -2.50. The number of urea groups is 1. The Bertz CT molecular complexity index is 958. The van der Waals surface area contributed by atoms with Crippen LogP contribution in [-0.4, -0.2) is 15.6 Å². The van der Waals surface area contributed by atoms with E-state index in [1.807, 2.05) is 18.2 Å². The van der Waals surface area contributed by atoms with E-state index in [-0.39, 0.29) is 6.03 Å². The molecule has 0 saturated heterocycles. The Balaban J connectivity index is 1.40. The standard InChI is InChI=1S/C20H18Cl2N4O/c21-15-8-16(22)10-17(9-15)24-20(27)23-11-13-3-1-4-14(7-13)18-12-26-6-2-5-19(26)25-18/h1,3-4,7-10,12H,2,5-6,11H2,(H2,23,24,27). The molecule has 0 saturated carbocycles. The number of carbonyl (C=O) groups is 1. The van der Waals surface area contributed by atoms with Crippen molar-refractivity contribution in [1.82, 2.24) is 14.9 Å². The van der Waals surface area contributed by atoms with Crippen LogP contribution in [-0.2, 0) is 19.5 Å². The summed E-state index contributed by atoms with van der Waals surface area (Å²) in [5.41, 5.74) is 3.58. The number of nitrogens with zero attached hydrogens (tertiary/aromatic N) is 2. The third-order valence-corrected chi connectivity index (χ3v) is 4.89. The van der Waals surface area contributed by atoms with Gasteiger partial charge in [0.05, 0.1) is 5.69 Å². The Morgan fingerprint density at radius 2 is 1.96 bits per heavy atom. The van der Waals surface area contributed by atoms with Crippen molar-refractivity contribution in [2.75, 3.05) is 5.32 Å². The minimum absolute atomic E-state index is 0.320. The molecule has 0 radical (unpaired) electrons. The Labute approximate surface area is 167 Å². The zero-order valence-electron chi connectivity index (χ0n) is 14.5. The molecule has 4 rings (SSSR count). The van der Waals surface area contributed by atoms with Crippen molar-refractivity contribution < 1.29 is 4.79 Å². The molecule has 2 heterocycles. The molecule has 0 spiro atoms. The van der Waals surface area contributed by atoms with Crippen LogP contribution in [0, 0.1) is 0 Å². The van der Waals surface area contributed by atoms with Crippen molar-refractivity contribution in [3.05, 3.63) is 70.1 Å². The maximum absolute atomic E-state index is 12.1. The van der Waals surface area contributed by atoms with Crippen LogP contribution in [0.25, 0.3) is 11.3 Å². The molecule has 7 heteroatoms. The number of halogens is 2. The maximum Gasteiger partial charge on any atom is 0.319 e. The van der Waals surface area contributed by atoms with Gasteiger partial charge in [0.25, 0.3) is 0 Å². The third-order valence-electron chi connectivity index (χ3n) is 4.45. The molecule has 0 aliphatic carbocycles. The first-order valence-electron chi connectivity index (χ1n) is 8.73. The van der Waals surface area contributed by atoms with Gasteiger partial charge in [-0.25, -0.2) is 9.78 Å². The maximum atomic E-state index is 12.1. The fourth-order valence-electron chi connectivity index (χ4n) is 3.22. The smallest absolute Gasteiger partial charge is 0.319 e. The van der Waals surface area contributed by atoms with Gasteiger partial charge in [0.15, 0.2) is 0 Å². The van der Waals surface area contributed by atoms with Crippen LogP contribution in [0.15, 0.2) is 48.7 Å². The number of anilines is 1. The van der Waals surface area contributed by atoms with E-state index >= 15 is 0 Å². The van der Waals surface area contributed by atoms with Gasteiger partial charge in [-0.05, 0) is 36.2 Å². The molecule has 138 valence electrons. The normalized spacial score (nSPS) is 12.7. The number of rotatable bonds is 4. The number of hydrogen-bond acceptors (Lipinski definition) is 2. The van der Waals surface area contributed by atoms with Crippen LogP contribution in [0.1, 0.15) is 17.8 Å². The summed E-state index contributed by atoms with van der Waals surface area (Å²) in [6.45, 7) is 1.44. The number of amides is 2. The SMILES string of the molecule is O=C(NCc1cccc(-c2cn3c(n2)CCC3)c1)Nc1cc(Cl)cc(Cl)c1. The number of carbonyl (C=O) groups excluding carboxylic acids is 1. The van der Waals surface area contributed by atoms with Crippen molar-refractivity contribution >= 4 is 34.9 Å². The first kappa shape index (κ1) is 17.9. The van der Waals surface area contributed by atoms with Crippen LogP contribution in [0.2, 0.25) is 10.0 Å². The van der Waals surface area contributed by atoms with E-state index in [2.05, 4.69) is 27.5 Å². The highest BCUT2D eigenvalue weighted by Gasteiger charge is 2.14. The summed E-state index contributed by atoms with van der Waals surface area (Å²) < 4.78 is 2.21. The average molecular weight is 401 g/mol. The molecule has 0 unspecified atom stereocenters. The number of aryl methyl sites for hydroxylation is 2. The van der Waals surface area contributed by atoms with Gasteiger partial charge in [0.1, 0.15) is 5.82 Å². The zero-order valence-corrected chi connectivity index (χ0v) is 16.0. The van der Waals surface area contributed by atoms with Gasteiger partial charge >= 0.3 is 6.03 Å². The zero-order chi connectivity index (χ0) is 18.8. The largest absolute Gasteiger partial charge is 0.334 e. The molecule has 27 heavy (non-hydrogen) atoms. The molecule has 2 aromatic carbocycles. The first-order chi connectivity index (χ1) is 13.1. The van der Waals surface area contributed by atoms with E-state index in [4.69, 9.17) is 28.2 Å². The summed E-state index contributed by atoms with van der Waals surface area (Å²) in [4.78, 5) is 16.8. The van der Waals surface area contributed by atoms with E-state index in [1.54, 1.807) is 18.2 Å². The highest BCUT2D eigenvalue weighted by Crippen LogP contribution is 2.24. The van der Waals surface area contributed by atoms with Gasteiger partial charge in [-0.3, -0.25) is 0 Å². The van der Waals surface area contributed by atoms with Crippen molar-refractivity contribution in [2.45, 2.75) is 25.9 Å². The lowest BCUT2D eigenvalue weighted by Crippen LogP contribution is -2.28. The number of aromatic nitrogens is 2. The van der Waals surface area contributed by atoms with Crippen molar-refractivity contribution in [2.24, 2.45) is 0 Å². The van der Waals surface area contributed by atoms with Crippen LogP contribution in [0.5, 0.6) is 0 Å². The average Bonchev–Trinajstić information content (AvgIpc) is 3.21. The second kappa shape index (κ2) is 7.62. The molecular weight excluding hydrogens is 383 g/mol. The van der Waals surface area contributed by atoms with Gasteiger partial charge in [0.2, 0.25) is 0 Å². The monoisotopic (exact) mass is 400 g/mol. The Kier molecular flexibility index (Phi) is 5.05. The van der Waals surface area contributed by atoms with Crippen LogP contribution < -0.4 is 10.6 Å². The second-order valence-corrected chi connectivity index (χ2v) is 7.38. The van der Waals surface area contributed by atoms with Gasteiger partial charge < -0.3 is 15.2 Å². The van der Waals surface area contributed by atoms with Crippen molar-refractivity contribution in [3.63, 3.8) is 0 Å². The fraction of sp³-hybridized carbons (Fsp3) is 0.200. The van der Waals surface area contributed by atoms with E-state index in [0.717, 1.165) is 35.6 Å². The summed E-state index contributed by atoms with van der Waals surface area (Å²) in [6.07, 6.45) is 4.30. The molecule has 0 bridgehead atoms. The second-order valence-electron chi connectivity index (χ2n) is 6.51. The van der Waals surface area contributed by atoms with Crippen LogP contribution in [0.4, 0.5) is 10.5 Å². The van der Waals surface area contributed by atoms with Gasteiger partial charge in [0, 0.05) is 47.0 Å². The Morgan fingerprint density at radius 1 is 1.15 bits per heavy atom. The number of benzene rings is 2. The van der Waals surface area contributed by atoms with Gasteiger partial charge in [-0.15, -0.1) is 0 Å². The minimum atomic E-state index is -0.320. The number of imidazole rings is 1. The highest BCUT2D eigenvalue weighted by molar-refractivity contribution is 6.35. The predicted molar refractivity (Wildman–Crippen MR) is 108 cm³/mol. The van der Waals surface area contributed by atoms with Crippen molar-refractivity contribution in [3.8, 4) is 11.3 Å². The molecule has 0 fully saturated rings. The molecular formula is C20H18Cl2N4O. The summed E-state index contributed by atoms with van der Waals surface area (Å²) in [6, 6.07) is 12.6. The summed E-state index contributed by atoms with van der Waals surface area (Å²) >= 11 is 11.9.